The lowest BCUT2D eigenvalue weighted by Crippen LogP contribution is -2.36. The van der Waals surface area contributed by atoms with Gasteiger partial charge < -0.3 is 15.6 Å². The Morgan fingerprint density at radius 3 is 2.71 bits per heavy atom. The summed E-state index contributed by atoms with van der Waals surface area (Å²) in [5.41, 5.74) is 3.21. The molecule has 1 unspecified atom stereocenters. The van der Waals surface area contributed by atoms with E-state index in [1.165, 1.54) is 17.4 Å². The number of aromatic amines is 1. The van der Waals surface area contributed by atoms with Crippen molar-refractivity contribution in [2.75, 3.05) is 12.4 Å². The molecule has 1 amide bonds. The molecule has 0 spiro atoms. The molecule has 3 aromatic rings. The summed E-state index contributed by atoms with van der Waals surface area (Å²) in [6.45, 7) is 0. The molecule has 2 aliphatic rings. The first kappa shape index (κ1) is 20.0. The SMILES string of the molecule is CNc1cc(C(Cc2c[nH]c3ccccc23)NC(=O)C2CCCCC2)nc(C2CC2)n1. The molecule has 1 aromatic carbocycles. The Labute approximate surface area is 183 Å². The van der Waals surface area contributed by atoms with Crippen LogP contribution in [-0.4, -0.2) is 27.9 Å². The summed E-state index contributed by atoms with van der Waals surface area (Å²) < 4.78 is 0. The van der Waals surface area contributed by atoms with E-state index in [2.05, 4.69) is 45.0 Å². The van der Waals surface area contributed by atoms with Gasteiger partial charge in [0.05, 0.1) is 11.7 Å². The number of para-hydroxylation sites is 1. The number of amides is 1. The molecule has 3 N–H and O–H groups in total. The fourth-order valence-corrected chi connectivity index (χ4v) is 4.72. The van der Waals surface area contributed by atoms with E-state index >= 15 is 0 Å². The van der Waals surface area contributed by atoms with Gasteiger partial charge in [-0.05, 0) is 37.3 Å². The minimum Gasteiger partial charge on any atom is -0.373 e. The minimum atomic E-state index is -0.179. The molecular formula is C25H31N5O. The largest absolute Gasteiger partial charge is 0.373 e. The van der Waals surface area contributed by atoms with Crippen molar-refractivity contribution < 1.29 is 4.79 Å². The van der Waals surface area contributed by atoms with Crippen molar-refractivity contribution in [2.24, 2.45) is 5.92 Å². The summed E-state index contributed by atoms with van der Waals surface area (Å²) in [6.07, 6.45) is 10.6. The van der Waals surface area contributed by atoms with Gasteiger partial charge in [0.1, 0.15) is 11.6 Å². The summed E-state index contributed by atoms with van der Waals surface area (Å²) in [7, 11) is 1.89. The zero-order chi connectivity index (χ0) is 21.2. The first-order valence-corrected chi connectivity index (χ1v) is 11.6. The maximum absolute atomic E-state index is 13.2. The van der Waals surface area contributed by atoms with E-state index in [4.69, 9.17) is 4.98 Å². The fraction of sp³-hybridized carbons (Fsp3) is 0.480. The number of H-pyrrole nitrogens is 1. The maximum atomic E-state index is 13.2. The molecular weight excluding hydrogens is 386 g/mol. The van der Waals surface area contributed by atoms with E-state index in [0.717, 1.165) is 61.4 Å². The molecule has 2 aliphatic carbocycles. The van der Waals surface area contributed by atoms with Gasteiger partial charge in [0.2, 0.25) is 5.91 Å². The Morgan fingerprint density at radius 2 is 1.94 bits per heavy atom. The second-order valence-corrected chi connectivity index (χ2v) is 9.02. The number of fused-ring (bicyclic) bond motifs is 1. The van der Waals surface area contributed by atoms with Crippen molar-refractivity contribution in [3.05, 3.63) is 53.6 Å². The second kappa shape index (κ2) is 8.69. The van der Waals surface area contributed by atoms with Crippen LogP contribution in [0.5, 0.6) is 0 Å². The van der Waals surface area contributed by atoms with Crippen LogP contribution in [0.25, 0.3) is 10.9 Å². The molecule has 0 radical (unpaired) electrons. The number of aromatic nitrogens is 3. The van der Waals surface area contributed by atoms with Gasteiger partial charge in [0.15, 0.2) is 0 Å². The molecule has 1 atom stereocenters. The molecule has 2 fully saturated rings. The van der Waals surface area contributed by atoms with Crippen molar-refractivity contribution >= 4 is 22.6 Å². The van der Waals surface area contributed by atoms with E-state index in [9.17, 15) is 4.79 Å². The average molecular weight is 418 g/mol. The smallest absolute Gasteiger partial charge is 0.223 e. The van der Waals surface area contributed by atoms with Gasteiger partial charge in [-0.3, -0.25) is 4.79 Å². The van der Waals surface area contributed by atoms with Gasteiger partial charge in [-0.2, -0.15) is 0 Å². The number of carbonyl (C=O) groups is 1. The lowest BCUT2D eigenvalue weighted by atomic mass is 9.88. The summed E-state index contributed by atoms with van der Waals surface area (Å²) in [6, 6.07) is 10.1. The molecule has 0 aliphatic heterocycles. The van der Waals surface area contributed by atoms with Crippen molar-refractivity contribution in [3.63, 3.8) is 0 Å². The van der Waals surface area contributed by atoms with Crippen LogP contribution in [0, 0.1) is 5.92 Å². The quantitative estimate of drug-likeness (QED) is 0.513. The standard InChI is InChI=1S/C25H31N5O/c1-26-23-14-22(28-24(30-23)16-11-12-16)21(29-25(31)17-7-3-2-4-8-17)13-18-15-27-20-10-6-5-9-19(18)20/h5-6,9-10,14-17,21,27H,2-4,7-8,11-13H2,1H3,(H,29,31)(H,26,28,30). The topological polar surface area (TPSA) is 82.7 Å². The first-order chi connectivity index (χ1) is 15.2. The van der Waals surface area contributed by atoms with E-state index in [0.29, 0.717) is 12.3 Å². The van der Waals surface area contributed by atoms with Gasteiger partial charge in [0, 0.05) is 48.5 Å². The van der Waals surface area contributed by atoms with Crippen molar-refractivity contribution in [2.45, 2.75) is 63.3 Å². The Hall–Kier alpha value is -2.89. The molecule has 0 saturated heterocycles. The number of anilines is 1. The molecule has 6 nitrogen and oxygen atoms in total. The van der Waals surface area contributed by atoms with Gasteiger partial charge in [-0.1, -0.05) is 37.5 Å². The average Bonchev–Trinajstić information content (AvgIpc) is 3.60. The summed E-state index contributed by atoms with van der Waals surface area (Å²) in [4.78, 5) is 26.1. The fourth-order valence-electron chi connectivity index (χ4n) is 4.72. The van der Waals surface area contributed by atoms with Crippen LogP contribution < -0.4 is 10.6 Å². The lowest BCUT2D eigenvalue weighted by molar-refractivity contribution is -0.126. The van der Waals surface area contributed by atoms with E-state index in [1.807, 2.05) is 19.2 Å². The number of carbonyl (C=O) groups excluding carboxylic acids is 1. The predicted molar refractivity (Wildman–Crippen MR) is 123 cm³/mol. The molecule has 6 heteroatoms. The normalized spacial score (nSPS) is 18.1. The number of nitrogens with zero attached hydrogens (tertiary/aromatic N) is 2. The van der Waals surface area contributed by atoms with E-state index in [-0.39, 0.29) is 17.9 Å². The molecule has 2 aromatic heterocycles. The third-order valence-corrected chi connectivity index (χ3v) is 6.71. The predicted octanol–water partition coefficient (Wildman–Crippen LogP) is 4.86. The number of rotatable bonds is 7. The monoisotopic (exact) mass is 417 g/mol. The Kier molecular flexibility index (Phi) is 5.62. The van der Waals surface area contributed by atoms with Gasteiger partial charge in [-0.15, -0.1) is 0 Å². The number of benzene rings is 1. The highest BCUT2D eigenvalue weighted by molar-refractivity contribution is 5.83. The molecule has 2 heterocycles. The van der Waals surface area contributed by atoms with Crippen LogP contribution in [0.15, 0.2) is 36.5 Å². The van der Waals surface area contributed by atoms with E-state index in [1.54, 1.807) is 0 Å². The van der Waals surface area contributed by atoms with Crippen LogP contribution in [-0.2, 0) is 11.2 Å². The van der Waals surface area contributed by atoms with Crippen LogP contribution in [0.1, 0.15) is 74.0 Å². The molecule has 162 valence electrons. The van der Waals surface area contributed by atoms with Crippen LogP contribution >= 0.6 is 0 Å². The van der Waals surface area contributed by atoms with Crippen LogP contribution in [0.2, 0.25) is 0 Å². The van der Waals surface area contributed by atoms with Gasteiger partial charge >= 0.3 is 0 Å². The van der Waals surface area contributed by atoms with Crippen LogP contribution in [0.3, 0.4) is 0 Å². The summed E-state index contributed by atoms with van der Waals surface area (Å²) >= 11 is 0. The first-order valence-electron chi connectivity index (χ1n) is 11.6. The highest BCUT2D eigenvalue weighted by Gasteiger charge is 2.30. The highest BCUT2D eigenvalue weighted by atomic mass is 16.1. The van der Waals surface area contributed by atoms with Crippen LogP contribution in [0.4, 0.5) is 5.82 Å². The molecule has 2 saturated carbocycles. The number of hydrogen-bond donors (Lipinski definition) is 3. The zero-order valence-electron chi connectivity index (χ0n) is 18.2. The second-order valence-electron chi connectivity index (χ2n) is 9.02. The number of nitrogens with one attached hydrogen (secondary N) is 3. The van der Waals surface area contributed by atoms with E-state index < -0.39 is 0 Å². The Balaban J connectivity index is 1.47. The molecule has 0 bridgehead atoms. The lowest BCUT2D eigenvalue weighted by Gasteiger charge is -2.25. The Morgan fingerprint density at radius 1 is 1.13 bits per heavy atom. The van der Waals surface area contributed by atoms with Crippen molar-refractivity contribution in [1.82, 2.24) is 20.3 Å². The van der Waals surface area contributed by atoms with Gasteiger partial charge in [-0.25, -0.2) is 9.97 Å². The molecule has 31 heavy (non-hydrogen) atoms. The third kappa shape index (κ3) is 4.43. The van der Waals surface area contributed by atoms with Gasteiger partial charge in [0.25, 0.3) is 0 Å². The Bertz CT molecular complexity index is 1060. The maximum Gasteiger partial charge on any atom is 0.223 e. The highest BCUT2D eigenvalue weighted by Crippen LogP contribution is 2.39. The molecule has 5 rings (SSSR count). The summed E-state index contributed by atoms with van der Waals surface area (Å²) in [5, 5.41) is 7.75. The summed E-state index contributed by atoms with van der Waals surface area (Å²) in [5.74, 6) is 2.46. The zero-order valence-corrected chi connectivity index (χ0v) is 18.2. The number of hydrogen-bond acceptors (Lipinski definition) is 4. The third-order valence-electron chi connectivity index (χ3n) is 6.71. The minimum absolute atomic E-state index is 0.118. The van der Waals surface area contributed by atoms with Crippen molar-refractivity contribution in [1.29, 1.82) is 0 Å². The van der Waals surface area contributed by atoms with Crippen molar-refractivity contribution in [3.8, 4) is 0 Å².